The lowest BCUT2D eigenvalue weighted by Gasteiger charge is -2.29. The van der Waals surface area contributed by atoms with Gasteiger partial charge in [0, 0.05) is 12.8 Å². The van der Waals surface area contributed by atoms with Gasteiger partial charge in [0.1, 0.15) is 11.7 Å². The van der Waals surface area contributed by atoms with E-state index in [9.17, 15) is 14.4 Å². The summed E-state index contributed by atoms with van der Waals surface area (Å²) in [6, 6.07) is 0. The van der Waals surface area contributed by atoms with E-state index in [1.165, 1.54) is 135 Å². The Morgan fingerprint density at radius 2 is 0.763 bits per heavy atom. The lowest BCUT2D eigenvalue weighted by atomic mass is 9.92. The van der Waals surface area contributed by atoms with Crippen molar-refractivity contribution >= 4 is 17.7 Å². The molecule has 346 valence electrons. The number of ether oxygens (including phenoxy) is 2. The Morgan fingerprint density at radius 1 is 0.441 bits per heavy atom. The molecule has 0 aliphatic rings. The third-order valence-corrected chi connectivity index (χ3v) is 11.7. The Bertz CT molecular complexity index is 1010. The highest BCUT2D eigenvalue weighted by molar-refractivity contribution is 5.99. The van der Waals surface area contributed by atoms with Crippen LogP contribution in [0.5, 0.6) is 0 Å². The van der Waals surface area contributed by atoms with Crippen molar-refractivity contribution in [2.24, 2.45) is 17.4 Å². The predicted molar refractivity (Wildman–Crippen MR) is 252 cm³/mol. The molecule has 0 aliphatic heterocycles. The molecule has 59 heavy (non-hydrogen) atoms. The van der Waals surface area contributed by atoms with E-state index in [1.54, 1.807) is 0 Å². The molecule has 7 nitrogen and oxygen atoms in total. The van der Waals surface area contributed by atoms with Gasteiger partial charge in [-0.3, -0.25) is 20.1 Å². The lowest BCUT2D eigenvalue weighted by molar-refractivity contribution is -0.226. The minimum atomic E-state index is -2.08. The van der Waals surface area contributed by atoms with Gasteiger partial charge in [-0.15, -0.1) is 0 Å². The van der Waals surface area contributed by atoms with Gasteiger partial charge in [0.15, 0.2) is 0 Å². The molecule has 0 spiro atoms. The number of carbonyl (C=O) groups excluding carboxylic acids is 3. The van der Waals surface area contributed by atoms with E-state index in [2.05, 4.69) is 45.1 Å². The molecule has 0 fully saturated rings. The van der Waals surface area contributed by atoms with Crippen molar-refractivity contribution in [2.45, 2.75) is 277 Å². The van der Waals surface area contributed by atoms with E-state index in [4.69, 9.17) is 20.9 Å². The zero-order valence-electron chi connectivity index (χ0n) is 39.4. The van der Waals surface area contributed by atoms with Crippen molar-refractivity contribution in [1.29, 1.82) is 0 Å². The van der Waals surface area contributed by atoms with Crippen molar-refractivity contribution in [3.63, 3.8) is 0 Å². The number of rotatable bonds is 46. The first kappa shape index (κ1) is 57.0. The molecule has 2 atom stereocenters. The molecule has 4 N–H and O–H groups in total. The number of carbonyl (C=O) groups is 3. The third-order valence-electron chi connectivity index (χ3n) is 11.7. The number of unbranched alkanes of at least 4 members (excludes halogenated alkanes) is 31. The number of hydrogen-bond donors (Lipinski definition) is 2. The standard InChI is InChI=1S/C52H98N2O5/c1-4-7-10-13-16-19-22-24-26-28-31-34-37-40-43-46-50(56)58-52(54,47-53)59-51(57)48(49(55)45-42-39-36-33-29-21-18-15-12-9-6-3)44-41-38-35-32-30-27-25-23-20-17-14-11-8-5-2/h24-27,48H,4-23,28-47,53-54H2,1-3H3/b26-24-,27-25-. The fraction of sp³-hybridized carbons (Fsp3) is 0.865. The van der Waals surface area contributed by atoms with Crippen LogP contribution in [0, 0.1) is 5.92 Å². The van der Waals surface area contributed by atoms with E-state index in [0.29, 0.717) is 19.3 Å². The second-order valence-electron chi connectivity index (χ2n) is 17.6. The molecule has 0 radical (unpaired) electrons. The van der Waals surface area contributed by atoms with Crippen LogP contribution >= 0.6 is 0 Å². The maximum Gasteiger partial charge on any atom is 0.328 e. The minimum Gasteiger partial charge on any atom is -0.407 e. The summed E-state index contributed by atoms with van der Waals surface area (Å²) in [4.78, 5) is 39.8. The van der Waals surface area contributed by atoms with Crippen LogP contribution in [-0.2, 0) is 23.9 Å². The molecule has 0 aromatic carbocycles. The van der Waals surface area contributed by atoms with Gasteiger partial charge in [-0.2, -0.15) is 0 Å². The summed E-state index contributed by atoms with van der Waals surface area (Å²) in [6.45, 7) is 6.39. The van der Waals surface area contributed by atoms with Gasteiger partial charge in [-0.25, -0.2) is 0 Å². The minimum absolute atomic E-state index is 0.109. The summed E-state index contributed by atoms with van der Waals surface area (Å²) in [5, 5.41) is 0. The van der Waals surface area contributed by atoms with Crippen LogP contribution in [-0.4, -0.2) is 30.2 Å². The van der Waals surface area contributed by atoms with Crippen molar-refractivity contribution in [3.8, 4) is 0 Å². The summed E-state index contributed by atoms with van der Waals surface area (Å²) in [6.07, 6.45) is 52.6. The second-order valence-corrected chi connectivity index (χ2v) is 17.6. The van der Waals surface area contributed by atoms with Crippen LogP contribution in [0.4, 0.5) is 0 Å². The highest BCUT2D eigenvalue weighted by Crippen LogP contribution is 2.22. The van der Waals surface area contributed by atoms with E-state index >= 15 is 0 Å². The number of allylic oxidation sites excluding steroid dienone is 4. The van der Waals surface area contributed by atoms with Crippen LogP contribution in [0.3, 0.4) is 0 Å². The van der Waals surface area contributed by atoms with Gasteiger partial charge in [-0.1, -0.05) is 212 Å². The van der Waals surface area contributed by atoms with Crippen LogP contribution < -0.4 is 11.5 Å². The Kier molecular flexibility index (Phi) is 42.6. The molecule has 2 unspecified atom stereocenters. The van der Waals surface area contributed by atoms with Crippen LogP contribution in [0.1, 0.15) is 271 Å². The Hall–Kier alpha value is -1.99. The fourth-order valence-electron chi connectivity index (χ4n) is 7.72. The Labute approximate surface area is 365 Å². The van der Waals surface area contributed by atoms with Gasteiger partial charge in [0.25, 0.3) is 0 Å². The highest BCUT2D eigenvalue weighted by Gasteiger charge is 2.37. The maximum atomic E-state index is 13.5. The van der Waals surface area contributed by atoms with Crippen molar-refractivity contribution in [3.05, 3.63) is 24.3 Å². The van der Waals surface area contributed by atoms with Gasteiger partial charge >= 0.3 is 17.8 Å². The molecule has 7 heteroatoms. The SMILES string of the molecule is CCCCCCCC/C=C\CCCCCCCC(=O)OC(N)(CN)OC(=O)C(CCCCCC/C=C\CCCCCCCC)C(=O)CCCCCCCCCCCCC. The third kappa shape index (κ3) is 38.7. The number of esters is 2. The van der Waals surface area contributed by atoms with E-state index in [-0.39, 0.29) is 18.7 Å². The smallest absolute Gasteiger partial charge is 0.328 e. The number of nitrogens with two attached hydrogens (primary N) is 2. The number of Topliss-reactive ketones (excluding diaryl/α,β-unsaturated/α-hetero) is 1. The zero-order valence-corrected chi connectivity index (χ0v) is 39.4. The molecule has 0 amide bonds. The average Bonchev–Trinajstić information content (AvgIpc) is 3.22. The highest BCUT2D eigenvalue weighted by atomic mass is 16.7. The van der Waals surface area contributed by atoms with E-state index in [0.717, 1.165) is 89.9 Å². The van der Waals surface area contributed by atoms with Crippen molar-refractivity contribution < 1.29 is 23.9 Å². The van der Waals surface area contributed by atoms with Crippen molar-refractivity contribution in [2.75, 3.05) is 6.54 Å². The first-order valence-electron chi connectivity index (χ1n) is 25.6. The fourth-order valence-corrected chi connectivity index (χ4v) is 7.72. The molecular weight excluding hydrogens is 733 g/mol. The van der Waals surface area contributed by atoms with Crippen molar-refractivity contribution in [1.82, 2.24) is 0 Å². The summed E-state index contributed by atoms with van der Waals surface area (Å²) < 4.78 is 11.0. The lowest BCUT2D eigenvalue weighted by Crippen LogP contribution is -2.55. The summed E-state index contributed by atoms with van der Waals surface area (Å²) in [5.74, 6) is -4.37. The van der Waals surface area contributed by atoms with E-state index < -0.39 is 23.8 Å². The first-order chi connectivity index (χ1) is 28.8. The first-order valence-corrected chi connectivity index (χ1v) is 25.6. The average molecular weight is 831 g/mol. The second kappa shape index (κ2) is 44.1. The summed E-state index contributed by atoms with van der Waals surface area (Å²) >= 11 is 0. The largest absolute Gasteiger partial charge is 0.407 e. The van der Waals surface area contributed by atoms with Crippen LogP contribution in [0.25, 0.3) is 0 Å². The molecule has 0 aromatic rings. The molecule has 0 saturated heterocycles. The molecule has 0 bridgehead atoms. The number of hydrogen-bond acceptors (Lipinski definition) is 7. The quantitative estimate of drug-likeness (QED) is 0.0206. The van der Waals surface area contributed by atoms with E-state index in [1.807, 2.05) is 0 Å². The molecule has 0 aromatic heterocycles. The van der Waals surface area contributed by atoms with Gasteiger partial charge in [0.2, 0.25) is 0 Å². The molecule has 0 heterocycles. The maximum absolute atomic E-state index is 13.5. The van der Waals surface area contributed by atoms with Gasteiger partial charge in [-0.05, 0) is 70.6 Å². The number of ketones is 1. The molecule has 0 rings (SSSR count). The molecule has 0 aliphatic carbocycles. The zero-order chi connectivity index (χ0) is 43.3. The predicted octanol–water partition coefficient (Wildman–Crippen LogP) is 15.2. The molecule has 0 saturated carbocycles. The Balaban J connectivity index is 4.71. The molecular formula is C52H98N2O5. The van der Waals surface area contributed by atoms with Gasteiger partial charge in [0.05, 0.1) is 6.54 Å². The van der Waals surface area contributed by atoms with Crippen LogP contribution in [0.15, 0.2) is 24.3 Å². The summed E-state index contributed by atoms with van der Waals surface area (Å²) in [5.41, 5.74) is 12.2. The monoisotopic (exact) mass is 831 g/mol. The topological polar surface area (TPSA) is 122 Å². The Morgan fingerprint density at radius 3 is 1.14 bits per heavy atom. The normalized spacial score (nSPS) is 13.3. The van der Waals surface area contributed by atoms with Crippen LogP contribution in [0.2, 0.25) is 0 Å². The summed E-state index contributed by atoms with van der Waals surface area (Å²) in [7, 11) is 0. The van der Waals surface area contributed by atoms with Gasteiger partial charge < -0.3 is 15.2 Å².